The third-order valence-electron chi connectivity index (χ3n) is 7.63. The molecule has 7 heterocycles. The summed E-state index contributed by atoms with van der Waals surface area (Å²) in [6.45, 7) is 7.35. The number of ether oxygens (including phenoxy) is 2. The zero-order valence-corrected chi connectivity index (χ0v) is 23.6. The highest BCUT2D eigenvalue weighted by molar-refractivity contribution is 5.85. The van der Waals surface area contributed by atoms with Gasteiger partial charge in [-0.1, -0.05) is 0 Å². The second-order valence-corrected chi connectivity index (χ2v) is 11.3. The van der Waals surface area contributed by atoms with E-state index < -0.39 is 17.4 Å². The summed E-state index contributed by atoms with van der Waals surface area (Å²) in [4.78, 5) is 13.4. The lowest BCUT2D eigenvalue weighted by atomic mass is 9.87. The largest absolute Gasteiger partial charge is 0.486 e. The molecule has 42 heavy (non-hydrogen) atoms. The van der Waals surface area contributed by atoms with Crippen LogP contribution in [0.2, 0.25) is 0 Å². The Morgan fingerprint density at radius 1 is 1.10 bits per heavy atom. The fourth-order valence-electron chi connectivity index (χ4n) is 5.65. The van der Waals surface area contributed by atoms with Gasteiger partial charge in [-0.2, -0.15) is 14.8 Å². The minimum Gasteiger partial charge on any atom is -0.486 e. The summed E-state index contributed by atoms with van der Waals surface area (Å²) in [5.41, 5.74) is 1.39. The summed E-state index contributed by atoms with van der Waals surface area (Å²) >= 11 is 0. The fraction of sp³-hybridized carbons (Fsp3) is 0.400. The van der Waals surface area contributed by atoms with E-state index >= 15 is 4.39 Å². The van der Waals surface area contributed by atoms with Gasteiger partial charge in [-0.05, 0) is 57.0 Å². The van der Waals surface area contributed by atoms with Crippen LogP contribution in [0.4, 0.5) is 14.6 Å². The first kappa shape index (κ1) is 27.8. The van der Waals surface area contributed by atoms with Crippen molar-refractivity contribution in [3.63, 3.8) is 0 Å². The molecule has 0 spiro atoms. The summed E-state index contributed by atoms with van der Waals surface area (Å²) in [7, 11) is 0. The molecule has 12 heteroatoms. The first-order valence-corrected chi connectivity index (χ1v) is 13.8. The van der Waals surface area contributed by atoms with Crippen LogP contribution in [-0.4, -0.2) is 73.6 Å². The van der Waals surface area contributed by atoms with Crippen molar-refractivity contribution in [2.75, 3.05) is 31.2 Å². The molecule has 218 valence electrons. The van der Waals surface area contributed by atoms with Gasteiger partial charge in [-0.15, -0.1) is 0 Å². The van der Waals surface area contributed by atoms with Gasteiger partial charge >= 0.3 is 0 Å². The van der Waals surface area contributed by atoms with Gasteiger partial charge in [0, 0.05) is 55.2 Å². The van der Waals surface area contributed by atoms with Gasteiger partial charge in [0.1, 0.15) is 18.5 Å². The van der Waals surface area contributed by atoms with Crippen molar-refractivity contribution in [1.82, 2.24) is 24.5 Å². The first-order valence-electron chi connectivity index (χ1n) is 13.8. The van der Waals surface area contributed by atoms with E-state index in [-0.39, 0.29) is 23.8 Å². The van der Waals surface area contributed by atoms with Gasteiger partial charge in [0.2, 0.25) is 5.88 Å². The number of piperazine rings is 1. The number of halogens is 2. The van der Waals surface area contributed by atoms with Crippen LogP contribution in [-0.2, 0) is 6.54 Å². The van der Waals surface area contributed by atoms with Crippen LogP contribution >= 0.6 is 0 Å². The molecule has 3 aliphatic rings. The number of aromatic nitrogens is 4. The number of hydrogen-bond acceptors (Lipinski definition) is 9. The first-order chi connectivity index (χ1) is 20.1. The quantitative estimate of drug-likeness (QED) is 0.297. The Labute approximate surface area is 241 Å². The normalized spacial score (nSPS) is 18.5. The lowest BCUT2D eigenvalue weighted by Gasteiger charge is -2.56. The molecule has 4 aromatic rings. The van der Waals surface area contributed by atoms with Crippen LogP contribution in [0.25, 0.3) is 16.6 Å². The van der Waals surface area contributed by atoms with E-state index in [1.165, 1.54) is 18.3 Å². The topological polar surface area (TPSA) is 112 Å². The molecule has 10 nitrogen and oxygen atoms in total. The molecule has 0 aromatic carbocycles. The van der Waals surface area contributed by atoms with E-state index in [0.29, 0.717) is 41.9 Å². The van der Waals surface area contributed by atoms with Gasteiger partial charge in [0.15, 0.2) is 11.6 Å². The third kappa shape index (κ3) is 5.21. The van der Waals surface area contributed by atoms with Crippen LogP contribution in [0.3, 0.4) is 0 Å². The average molecular weight is 576 g/mol. The lowest BCUT2D eigenvalue weighted by Crippen LogP contribution is -2.68. The van der Waals surface area contributed by atoms with E-state index in [0.717, 1.165) is 35.4 Å². The average Bonchev–Trinajstić information content (AvgIpc) is 3.41. The Morgan fingerprint density at radius 2 is 1.88 bits per heavy atom. The van der Waals surface area contributed by atoms with E-state index in [4.69, 9.17) is 14.5 Å². The van der Waals surface area contributed by atoms with Crippen molar-refractivity contribution < 1.29 is 23.4 Å². The van der Waals surface area contributed by atoms with Crippen molar-refractivity contribution in [3.8, 4) is 28.8 Å². The van der Waals surface area contributed by atoms with Crippen LogP contribution in [0, 0.1) is 23.1 Å². The van der Waals surface area contributed by atoms with Crippen LogP contribution < -0.4 is 14.4 Å². The van der Waals surface area contributed by atoms with Crippen molar-refractivity contribution in [1.29, 1.82) is 5.26 Å². The summed E-state index contributed by atoms with van der Waals surface area (Å²) < 4.78 is 41.3. The number of hydrogen-bond donors (Lipinski definition) is 1. The summed E-state index contributed by atoms with van der Waals surface area (Å²) in [5, 5.41) is 23.7. The maximum atomic E-state index is 15.2. The third-order valence-corrected chi connectivity index (χ3v) is 7.63. The van der Waals surface area contributed by atoms with Crippen molar-refractivity contribution in [3.05, 3.63) is 65.7 Å². The maximum absolute atomic E-state index is 15.2. The zero-order valence-electron chi connectivity index (χ0n) is 23.6. The van der Waals surface area contributed by atoms with Crippen molar-refractivity contribution in [2.24, 2.45) is 0 Å². The second-order valence-electron chi connectivity index (χ2n) is 11.3. The van der Waals surface area contributed by atoms with E-state index in [1.54, 1.807) is 33.2 Å². The zero-order chi connectivity index (χ0) is 29.6. The molecular weight excluding hydrogens is 544 g/mol. The molecular formula is C30H31F2N7O3. The Balaban J connectivity index is 1.19. The predicted octanol–water partition coefficient (Wildman–Crippen LogP) is 3.95. The van der Waals surface area contributed by atoms with E-state index in [2.05, 4.69) is 26.0 Å². The monoisotopic (exact) mass is 575 g/mol. The highest BCUT2D eigenvalue weighted by Gasteiger charge is 2.44. The number of nitrogens with zero attached hydrogens (tertiary/aromatic N) is 7. The number of fused-ring (bicyclic) bond motifs is 3. The van der Waals surface area contributed by atoms with Crippen LogP contribution in [0.1, 0.15) is 38.3 Å². The van der Waals surface area contributed by atoms with Gasteiger partial charge in [0.05, 0.1) is 29.5 Å². The Morgan fingerprint density at radius 3 is 2.52 bits per heavy atom. The molecule has 4 aromatic heterocycles. The molecule has 0 radical (unpaired) electrons. The number of anilines is 1. The highest BCUT2D eigenvalue weighted by Crippen LogP contribution is 2.37. The van der Waals surface area contributed by atoms with E-state index in [9.17, 15) is 14.8 Å². The summed E-state index contributed by atoms with van der Waals surface area (Å²) in [5.74, 6) is -0.451. The Kier molecular flexibility index (Phi) is 7.16. The summed E-state index contributed by atoms with van der Waals surface area (Å²) in [6, 6.07) is 9.52. The molecule has 0 saturated carbocycles. The highest BCUT2D eigenvalue weighted by atomic mass is 19.1. The predicted molar refractivity (Wildman–Crippen MR) is 150 cm³/mol. The Hall–Kier alpha value is -4.34. The number of rotatable bonds is 9. The smallest absolute Gasteiger partial charge is 0.257 e. The molecule has 3 fully saturated rings. The number of aliphatic hydroxyl groups is 1. The molecule has 2 bridgehead atoms. The van der Waals surface area contributed by atoms with Gasteiger partial charge < -0.3 is 19.5 Å². The standard InChI is InChI=1S/C30H31F2N7O3/c1-4-41-29-24(31)7-18(11-35-29)14-38-21-8-22(38)16-37(15-21)26-6-5-19(12-34-26)23-9-25(42-17-30(2,3)40)28(32)39-27(23)20(10-33)13-36-39/h5-7,9,11-13,21-22,40H,4,8,14-17H2,1-3H3. The molecule has 3 saturated heterocycles. The molecule has 2 atom stereocenters. The minimum absolute atomic E-state index is 0.0297. The molecule has 3 aliphatic heterocycles. The molecule has 2 unspecified atom stereocenters. The Bertz CT molecular complexity index is 1650. The number of pyridine rings is 3. The number of nitriles is 1. The maximum Gasteiger partial charge on any atom is 0.257 e. The van der Waals surface area contributed by atoms with Crippen molar-refractivity contribution >= 4 is 11.3 Å². The molecule has 0 aliphatic carbocycles. The summed E-state index contributed by atoms with van der Waals surface area (Å²) in [6.07, 6.45) is 5.75. The SMILES string of the molecule is CCOc1ncc(CN2C3CC2CN(c2ccc(-c4cc(OCC(C)(C)O)c(F)n5ncc(C#N)c45)cn2)C3)cc1F. The van der Waals surface area contributed by atoms with Crippen LogP contribution in [0.5, 0.6) is 11.6 Å². The fourth-order valence-corrected chi connectivity index (χ4v) is 5.65. The molecule has 7 rings (SSSR count). The second kappa shape index (κ2) is 10.8. The van der Waals surface area contributed by atoms with E-state index in [1.807, 2.05) is 12.1 Å². The minimum atomic E-state index is -1.17. The number of piperidine rings is 1. The van der Waals surface area contributed by atoms with Gasteiger partial charge in [-0.3, -0.25) is 4.90 Å². The van der Waals surface area contributed by atoms with Gasteiger partial charge in [0.25, 0.3) is 5.95 Å². The lowest BCUT2D eigenvalue weighted by molar-refractivity contribution is -0.00884. The van der Waals surface area contributed by atoms with Gasteiger partial charge in [-0.25, -0.2) is 18.9 Å². The molecule has 1 N–H and O–H groups in total. The van der Waals surface area contributed by atoms with Crippen LogP contribution in [0.15, 0.2) is 42.9 Å². The van der Waals surface area contributed by atoms with Crippen molar-refractivity contribution in [2.45, 2.75) is 51.4 Å². The molecule has 0 amide bonds.